The Labute approximate surface area is 84.5 Å². The van der Waals surface area contributed by atoms with Crippen molar-refractivity contribution in [3.05, 3.63) is 28.6 Å². The van der Waals surface area contributed by atoms with E-state index in [1.165, 1.54) is 0 Å². The summed E-state index contributed by atoms with van der Waals surface area (Å²) in [7, 11) is 0. The number of thiazole rings is 1. The van der Waals surface area contributed by atoms with Gasteiger partial charge in [-0.1, -0.05) is 11.6 Å². The zero-order chi connectivity index (χ0) is 9.26. The Morgan fingerprint density at radius 3 is 2.85 bits per heavy atom. The molecule has 13 heavy (non-hydrogen) atoms. The zero-order valence-electron chi connectivity index (χ0n) is 6.86. The van der Waals surface area contributed by atoms with Gasteiger partial charge in [0.25, 0.3) is 0 Å². The summed E-state index contributed by atoms with van der Waals surface area (Å²) < 4.78 is 0. The van der Waals surface area contributed by atoms with Crippen molar-refractivity contribution in [3.8, 4) is 10.7 Å². The van der Waals surface area contributed by atoms with E-state index in [2.05, 4.69) is 15.0 Å². The molecule has 66 valence electrons. The minimum absolute atomic E-state index is 0.455. The minimum atomic E-state index is 0.455. The molecule has 0 aliphatic rings. The lowest BCUT2D eigenvalue weighted by atomic mass is 10.5. The van der Waals surface area contributed by atoms with Crippen LogP contribution in [-0.4, -0.2) is 15.0 Å². The summed E-state index contributed by atoms with van der Waals surface area (Å²) in [4.78, 5) is 13.2. The molecule has 0 aromatic carbocycles. The Morgan fingerprint density at radius 1 is 1.38 bits per heavy atom. The van der Waals surface area contributed by atoms with Crippen molar-refractivity contribution in [2.24, 2.45) is 0 Å². The number of aromatic nitrogens is 3. The number of hydrogen-bond acceptors (Lipinski definition) is 4. The smallest absolute Gasteiger partial charge is 0.172 e. The molecular formula is C8H6ClN3S. The lowest BCUT2D eigenvalue weighted by Gasteiger charge is -1.93. The maximum Gasteiger partial charge on any atom is 0.172 e. The van der Waals surface area contributed by atoms with Crippen LogP contribution in [0.15, 0.2) is 18.5 Å². The maximum atomic E-state index is 5.73. The average Bonchev–Trinajstić information content (AvgIpc) is 2.52. The van der Waals surface area contributed by atoms with E-state index in [4.69, 9.17) is 11.6 Å². The van der Waals surface area contributed by atoms with Crippen LogP contribution < -0.4 is 0 Å². The van der Waals surface area contributed by atoms with E-state index < -0.39 is 0 Å². The zero-order valence-corrected chi connectivity index (χ0v) is 8.43. The lowest BCUT2D eigenvalue weighted by Crippen LogP contribution is -1.84. The summed E-state index contributed by atoms with van der Waals surface area (Å²) in [6, 6.07) is 1.65. The lowest BCUT2D eigenvalue weighted by molar-refractivity contribution is 1.18. The maximum absolute atomic E-state index is 5.73. The first-order valence-corrected chi connectivity index (χ1v) is 4.86. The molecule has 2 rings (SSSR count). The number of hydrogen-bond donors (Lipinski definition) is 0. The van der Waals surface area contributed by atoms with Gasteiger partial charge in [-0.05, 0) is 13.0 Å². The predicted octanol–water partition coefficient (Wildman–Crippen LogP) is 2.56. The van der Waals surface area contributed by atoms with Crippen molar-refractivity contribution >= 4 is 22.9 Å². The predicted molar refractivity (Wildman–Crippen MR) is 52.9 cm³/mol. The van der Waals surface area contributed by atoms with Gasteiger partial charge in [-0.2, -0.15) is 0 Å². The van der Waals surface area contributed by atoms with Gasteiger partial charge in [0.05, 0.1) is 9.88 Å². The fraction of sp³-hybridized carbons (Fsp3) is 0.125. The highest BCUT2D eigenvalue weighted by Crippen LogP contribution is 2.22. The van der Waals surface area contributed by atoms with Crippen LogP contribution in [0, 0.1) is 6.92 Å². The largest absolute Gasteiger partial charge is 0.249 e. The van der Waals surface area contributed by atoms with Crippen molar-refractivity contribution in [2.75, 3.05) is 0 Å². The topological polar surface area (TPSA) is 38.7 Å². The highest BCUT2D eigenvalue weighted by atomic mass is 35.5. The minimum Gasteiger partial charge on any atom is -0.249 e. The van der Waals surface area contributed by atoms with Crippen molar-refractivity contribution < 1.29 is 0 Å². The highest BCUT2D eigenvalue weighted by molar-refractivity contribution is 7.14. The summed E-state index contributed by atoms with van der Waals surface area (Å²) in [6.07, 6.45) is 3.39. The molecule has 0 spiro atoms. The van der Waals surface area contributed by atoms with Crippen molar-refractivity contribution in [1.82, 2.24) is 15.0 Å². The van der Waals surface area contributed by atoms with E-state index in [1.54, 1.807) is 29.8 Å². The summed E-state index contributed by atoms with van der Waals surface area (Å²) >= 11 is 7.29. The molecular weight excluding hydrogens is 206 g/mol. The molecule has 0 radical (unpaired) electrons. The second kappa shape index (κ2) is 3.40. The van der Waals surface area contributed by atoms with Crippen LogP contribution in [0.2, 0.25) is 5.15 Å². The van der Waals surface area contributed by atoms with Gasteiger partial charge in [-0.25, -0.2) is 15.0 Å². The van der Waals surface area contributed by atoms with Crippen LogP contribution in [0.1, 0.15) is 5.01 Å². The quantitative estimate of drug-likeness (QED) is 0.681. The normalized spacial score (nSPS) is 10.3. The standard InChI is InChI=1S/C8H6ClN3S/c1-5-11-4-6(13-5)8-10-3-2-7(9)12-8/h2-4H,1H3. The highest BCUT2D eigenvalue weighted by Gasteiger charge is 2.04. The Morgan fingerprint density at radius 2 is 2.23 bits per heavy atom. The summed E-state index contributed by atoms with van der Waals surface area (Å²) in [6.45, 7) is 1.94. The Hall–Kier alpha value is -1.00. The third kappa shape index (κ3) is 1.84. The molecule has 0 saturated carbocycles. The van der Waals surface area contributed by atoms with Gasteiger partial charge in [-0.3, -0.25) is 0 Å². The van der Waals surface area contributed by atoms with E-state index in [9.17, 15) is 0 Å². The van der Waals surface area contributed by atoms with Gasteiger partial charge in [-0.15, -0.1) is 11.3 Å². The fourth-order valence-electron chi connectivity index (χ4n) is 0.920. The first kappa shape index (κ1) is 8.59. The van der Waals surface area contributed by atoms with Gasteiger partial charge in [0, 0.05) is 12.4 Å². The van der Waals surface area contributed by atoms with Gasteiger partial charge in [0.2, 0.25) is 0 Å². The molecule has 0 aliphatic carbocycles. The van der Waals surface area contributed by atoms with Crippen LogP contribution in [0.5, 0.6) is 0 Å². The first-order valence-electron chi connectivity index (χ1n) is 3.67. The first-order chi connectivity index (χ1) is 6.25. The van der Waals surface area contributed by atoms with Crippen molar-refractivity contribution in [2.45, 2.75) is 6.92 Å². The second-order valence-electron chi connectivity index (χ2n) is 2.45. The number of aryl methyl sites for hydroxylation is 1. The number of rotatable bonds is 1. The fourth-order valence-corrected chi connectivity index (χ4v) is 1.78. The molecule has 3 nitrogen and oxygen atoms in total. The van der Waals surface area contributed by atoms with Crippen LogP contribution in [0.4, 0.5) is 0 Å². The van der Waals surface area contributed by atoms with E-state index in [0.717, 1.165) is 9.88 Å². The van der Waals surface area contributed by atoms with Crippen LogP contribution in [0.3, 0.4) is 0 Å². The van der Waals surface area contributed by atoms with Crippen LogP contribution in [0.25, 0.3) is 10.7 Å². The molecule has 0 atom stereocenters. The number of halogens is 1. The third-order valence-corrected chi connectivity index (χ3v) is 2.58. The molecule has 2 aromatic heterocycles. The van der Waals surface area contributed by atoms with Gasteiger partial charge in [0.1, 0.15) is 5.15 Å². The SMILES string of the molecule is Cc1ncc(-c2nccc(Cl)n2)s1. The molecule has 2 aromatic rings. The average molecular weight is 212 g/mol. The molecule has 0 N–H and O–H groups in total. The summed E-state index contributed by atoms with van der Waals surface area (Å²) in [5.74, 6) is 0.637. The molecule has 0 unspecified atom stereocenters. The van der Waals surface area contributed by atoms with E-state index in [0.29, 0.717) is 11.0 Å². The Kier molecular flexibility index (Phi) is 2.24. The van der Waals surface area contributed by atoms with E-state index in [1.807, 2.05) is 6.92 Å². The molecule has 2 heterocycles. The number of nitrogens with zero attached hydrogens (tertiary/aromatic N) is 3. The van der Waals surface area contributed by atoms with E-state index >= 15 is 0 Å². The van der Waals surface area contributed by atoms with Crippen molar-refractivity contribution in [1.29, 1.82) is 0 Å². The molecule has 0 amide bonds. The Balaban J connectivity index is 2.46. The summed E-state index contributed by atoms with van der Waals surface area (Å²) in [5.41, 5.74) is 0. The molecule has 5 heteroatoms. The molecule has 0 bridgehead atoms. The van der Waals surface area contributed by atoms with Crippen molar-refractivity contribution in [3.63, 3.8) is 0 Å². The third-order valence-electron chi connectivity index (χ3n) is 1.46. The van der Waals surface area contributed by atoms with Gasteiger partial charge in [0.15, 0.2) is 5.82 Å². The van der Waals surface area contributed by atoms with Crippen LogP contribution in [-0.2, 0) is 0 Å². The monoisotopic (exact) mass is 211 g/mol. The van der Waals surface area contributed by atoms with Crippen LogP contribution >= 0.6 is 22.9 Å². The molecule has 0 saturated heterocycles. The van der Waals surface area contributed by atoms with Gasteiger partial charge < -0.3 is 0 Å². The molecule has 0 aliphatic heterocycles. The second-order valence-corrected chi connectivity index (χ2v) is 4.07. The van der Waals surface area contributed by atoms with Gasteiger partial charge >= 0.3 is 0 Å². The molecule has 0 fully saturated rings. The van der Waals surface area contributed by atoms with E-state index in [-0.39, 0.29) is 0 Å². The summed E-state index contributed by atoms with van der Waals surface area (Å²) in [5, 5.41) is 1.45. The Bertz CT molecular complexity index is 427.